The molecule has 0 heterocycles. The molecule has 0 spiro atoms. The van der Waals surface area contributed by atoms with Gasteiger partial charge in [0, 0.05) is 26.4 Å². The summed E-state index contributed by atoms with van der Waals surface area (Å²) in [4.78, 5) is 2.04. The van der Waals surface area contributed by atoms with Gasteiger partial charge in [0.2, 0.25) is 0 Å². The summed E-state index contributed by atoms with van der Waals surface area (Å²) in [5.41, 5.74) is 1.26. The van der Waals surface area contributed by atoms with Crippen molar-refractivity contribution >= 4 is 49.0 Å². The molecule has 0 amide bonds. The molecule has 0 N–H and O–H groups in total. The van der Waals surface area contributed by atoms with Crippen LogP contribution in [0.15, 0.2) is 35.2 Å². The van der Waals surface area contributed by atoms with E-state index in [9.17, 15) is 0 Å². The number of rotatable bonds is 1. The molecule has 118 valence electrons. The summed E-state index contributed by atoms with van der Waals surface area (Å²) in [5, 5.41) is 0. The van der Waals surface area contributed by atoms with E-state index in [-0.39, 0.29) is 26.4 Å². The molecule has 0 bridgehead atoms. The second-order valence-electron chi connectivity index (χ2n) is 6.24. The van der Waals surface area contributed by atoms with Crippen LogP contribution >= 0.6 is 0 Å². The van der Waals surface area contributed by atoms with Crippen LogP contribution in [0.1, 0.15) is 5.56 Å². The van der Waals surface area contributed by atoms with Crippen molar-refractivity contribution < 1.29 is 0 Å². The Hall–Kier alpha value is 0.154. The first kappa shape index (κ1) is 26.1. The van der Waals surface area contributed by atoms with Crippen LogP contribution in [-0.4, -0.2) is 42.9 Å². The average molecular weight is 395 g/mol. The van der Waals surface area contributed by atoms with Crippen LogP contribution in [-0.2, 0) is 0 Å². The first-order chi connectivity index (χ1) is 9.63. The second kappa shape index (κ2) is 20.2. The second-order valence-corrected chi connectivity index (χ2v) is 15.9. The zero-order chi connectivity index (χ0) is 17.3. The van der Waals surface area contributed by atoms with E-state index in [4.69, 9.17) is 0 Å². The van der Waals surface area contributed by atoms with E-state index in [2.05, 4.69) is 77.1 Å². The van der Waals surface area contributed by atoms with E-state index in [1.165, 1.54) is 5.56 Å². The molecule has 21 heavy (non-hydrogen) atoms. The molecule has 0 unspecified atom stereocenters. The molecule has 0 aliphatic carbocycles. The zero-order valence-corrected chi connectivity index (χ0v) is 20.6. The van der Waals surface area contributed by atoms with Gasteiger partial charge in [-0.3, -0.25) is 0 Å². The maximum absolute atomic E-state index is 2.27. The SMILES string of the molecule is C[Si](C)C.C[Si](C)C.C[Si](C)C.[Ge][CH]=Cc1ccccc1. The van der Waals surface area contributed by atoms with Gasteiger partial charge in [-0.25, -0.2) is 0 Å². The maximum atomic E-state index is 2.27. The van der Waals surface area contributed by atoms with Gasteiger partial charge >= 0.3 is 63.4 Å². The third-order valence-electron chi connectivity index (χ3n) is 1.08. The minimum absolute atomic E-state index is 0.120. The Bertz CT molecular complexity index is 287. The normalized spacial score (nSPS) is 9.57. The van der Waals surface area contributed by atoms with Gasteiger partial charge in [-0.15, -0.1) is 0 Å². The molecule has 0 aliphatic rings. The fourth-order valence-corrected chi connectivity index (χ4v) is 1.06. The van der Waals surface area contributed by atoms with Crippen LogP contribution in [0.5, 0.6) is 0 Å². The van der Waals surface area contributed by atoms with Crippen molar-refractivity contribution in [2.45, 2.75) is 58.9 Å². The van der Waals surface area contributed by atoms with Crippen LogP contribution in [0.25, 0.3) is 6.08 Å². The van der Waals surface area contributed by atoms with Gasteiger partial charge in [0.25, 0.3) is 0 Å². The third-order valence-corrected chi connectivity index (χ3v) is 1.43. The van der Waals surface area contributed by atoms with Crippen molar-refractivity contribution in [3.8, 4) is 0 Å². The van der Waals surface area contributed by atoms with Gasteiger partial charge in [-0.1, -0.05) is 58.9 Å². The summed E-state index contributed by atoms with van der Waals surface area (Å²) >= 11 is 2.02. The number of hydrogen-bond donors (Lipinski definition) is 0. The van der Waals surface area contributed by atoms with E-state index < -0.39 is 0 Å². The third kappa shape index (κ3) is 53.4. The number of benzene rings is 1. The van der Waals surface area contributed by atoms with E-state index in [1.54, 1.807) is 0 Å². The van der Waals surface area contributed by atoms with Crippen LogP contribution in [0.3, 0.4) is 0 Å². The molecule has 4 heteroatoms. The summed E-state index contributed by atoms with van der Waals surface area (Å²) in [7, 11) is 0.361. The van der Waals surface area contributed by atoms with Crippen LogP contribution in [0, 0.1) is 0 Å². The van der Waals surface area contributed by atoms with Gasteiger partial charge in [0.1, 0.15) is 0 Å². The predicted molar refractivity (Wildman–Crippen MR) is 111 cm³/mol. The van der Waals surface area contributed by atoms with Gasteiger partial charge in [-0.2, -0.15) is 0 Å². The molecule has 1 aromatic rings. The Morgan fingerprint density at radius 3 is 1.19 bits per heavy atom. The Morgan fingerprint density at radius 1 is 0.667 bits per heavy atom. The van der Waals surface area contributed by atoms with Crippen molar-refractivity contribution in [1.82, 2.24) is 0 Å². The Kier molecular flexibility index (Phi) is 25.0. The van der Waals surface area contributed by atoms with E-state index in [0.29, 0.717) is 0 Å². The minimum atomic E-state index is 0.120. The molecule has 0 aliphatic heterocycles. The summed E-state index contributed by atoms with van der Waals surface area (Å²) in [5.74, 6) is 0. The van der Waals surface area contributed by atoms with Crippen LogP contribution in [0.4, 0.5) is 0 Å². The molecule has 0 saturated carbocycles. The molecule has 0 aromatic heterocycles. The van der Waals surface area contributed by atoms with E-state index >= 15 is 0 Å². The Morgan fingerprint density at radius 2 is 0.952 bits per heavy atom. The van der Waals surface area contributed by atoms with Crippen molar-refractivity contribution in [1.29, 1.82) is 0 Å². The molecule has 1 aromatic carbocycles. The summed E-state index contributed by atoms with van der Waals surface area (Å²) in [6, 6.07) is 10.3. The summed E-state index contributed by atoms with van der Waals surface area (Å²) < 4.78 is 0. The van der Waals surface area contributed by atoms with E-state index in [1.807, 2.05) is 39.6 Å². The predicted octanol–water partition coefficient (Wildman–Crippen LogP) is 5.94. The first-order valence-corrected chi connectivity index (χ1v) is 17.5. The molecule has 6 radical (unpaired) electrons. The average Bonchev–Trinajstić information content (AvgIpc) is 2.28. The molecule has 0 atom stereocenters. The Balaban J connectivity index is -0.000000230. The van der Waals surface area contributed by atoms with Gasteiger partial charge in [0.15, 0.2) is 0 Å². The molecule has 0 saturated heterocycles. The van der Waals surface area contributed by atoms with Gasteiger partial charge in [0.05, 0.1) is 0 Å². The van der Waals surface area contributed by atoms with Crippen molar-refractivity contribution in [3.05, 3.63) is 40.8 Å². The number of hydrogen-bond acceptors (Lipinski definition) is 0. The molecular formula is C17H34GeSi3. The van der Waals surface area contributed by atoms with Crippen molar-refractivity contribution in [2.75, 3.05) is 0 Å². The quantitative estimate of drug-likeness (QED) is 0.517. The van der Waals surface area contributed by atoms with Crippen LogP contribution in [0.2, 0.25) is 58.9 Å². The van der Waals surface area contributed by atoms with Gasteiger partial charge in [-0.05, 0) is 0 Å². The van der Waals surface area contributed by atoms with Crippen molar-refractivity contribution in [3.63, 3.8) is 0 Å². The summed E-state index contributed by atoms with van der Waals surface area (Å²) in [6.45, 7) is 20.4. The monoisotopic (exact) mass is 396 g/mol. The fraction of sp³-hybridized carbons (Fsp3) is 0.529. The fourth-order valence-electron chi connectivity index (χ4n) is 0.660. The molecular weight excluding hydrogens is 361 g/mol. The molecule has 0 fully saturated rings. The summed E-state index contributed by atoms with van der Waals surface area (Å²) in [6.07, 6.45) is 2.08. The first-order valence-electron chi connectivity index (χ1n) is 7.32. The Labute approximate surface area is 148 Å². The van der Waals surface area contributed by atoms with Crippen molar-refractivity contribution in [2.24, 2.45) is 0 Å². The zero-order valence-electron chi connectivity index (χ0n) is 15.5. The van der Waals surface area contributed by atoms with Crippen LogP contribution < -0.4 is 0 Å². The topological polar surface area (TPSA) is 0 Å². The van der Waals surface area contributed by atoms with E-state index in [0.717, 1.165) is 0 Å². The standard InChI is InChI=1S/C8H7Ge.3C3H9Si/c9-7-6-8-4-2-1-3-5-8;3*1-4(2)3/h1-7H;3*1-3H3. The molecule has 0 nitrogen and oxygen atoms in total. The van der Waals surface area contributed by atoms with Gasteiger partial charge < -0.3 is 0 Å². The molecule has 1 rings (SSSR count).